The van der Waals surface area contributed by atoms with Crippen molar-refractivity contribution in [2.45, 2.75) is 30.5 Å². The lowest BCUT2D eigenvalue weighted by Gasteiger charge is -2.07. The molecule has 1 heterocycles. The number of carbonyl (C=O) groups is 2. The van der Waals surface area contributed by atoms with Crippen molar-refractivity contribution in [3.63, 3.8) is 0 Å². The van der Waals surface area contributed by atoms with E-state index in [0.717, 1.165) is 18.7 Å². The molecule has 22 heavy (non-hydrogen) atoms. The molecule has 1 aromatic heterocycles. The quantitative estimate of drug-likeness (QED) is 0.559. The summed E-state index contributed by atoms with van der Waals surface area (Å²) in [4.78, 5) is 23.1. The van der Waals surface area contributed by atoms with Gasteiger partial charge in [0.1, 0.15) is 5.82 Å². The van der Waals surface area contributed by atoms with E-state index in [4.69, 9.17) is 0 Å². The van der Waals surface area contributed by atoms with Gasteiger partial charge >= 0.3 is 6.03 Å². The molecule has 0 saturated heterocycles. The normalized spacial score (nSPS) is 13.5. The third-order valence-corrected chi connectivity index (χ3v) is 3.96. The molecule has 8 heteroatoms. The van der Waals surface area contributed by atoms with E-state index in [-0.39, 0.29) is 11.7 Å². The van der Waals surface area contributed by atoms with Crippen molar-refractivity contribution >= 4 is 23.7 Å². The van der Waals surface area contributed by atoms with E-state index in [0.29, 0.717) is 24.2 Å². The SMILES string of the molecule is C=CCNC(=O)NC(=O)CSc1nnc(C2CC2)n1CC=C. The number of urea groups is 1. The van der Waals surface area contributed by atoms with Crippen LogP contribution in [0.3, 0.4) is 0 Å². The van der Waals surface area contributed by atoms with Crippen LogP contribution in [-0.2, 0) is 11.3 Å². The predicted octanol–water partition coefficient (Wildman–Crippen LogP) is 1.45. The Morgan fingerprint density at radius 1 is 1.32 bits per heavy atom. The lowest BCUT2D eigenvalue weighted by molar-refractivity contribution is -0.117. The second-order valence-corrected chi connectivity index (χ2v) is 5.79. The van der Waals surface area contributed by atoms with Gasteiger partial charge in [0, 0.05) is 19.0 Å². The molecule has 2 N–H and O–H groups in total. The van der Waals surface area contributed by atoms with Crippen molar-refractivity contribution in [1.82, 2.24) is 25.4 Å². The molecule has 0 unspecified atom stereocenters. The number of allylic oxidation sites excluding steroid dienone is 1. The fraction of sp³-hybridized carbons (Fsp3) is 0.429. The van der Waals surface area contributed by atoms with Crippen molar-refractivity contribution in [3.8, 4) is 0 Å². The van der Waals surface area contributed by atoms with E-state index < -0.39 is 6.03 Å². The highest BCUT2D eigenvalue weighted by Gasteiger charge is 2.30. The highest BCUT2D eigenvalue weighted by Crippen LogP contribution is 2.39. The molecule has 0 aromatic carbocycles. The maximum atomic E-state index is 11.7. The summed E-state index contributed by atoms with van der Waals surface area (Å²) < 4.78 is 1.97. The first-order valence-electron chi connectivity index (χ1n) is 7.01. The Morgan fingerprint density at radius 3 is 2.73 bits per heavy atom. The van der Waals surface area contributed by atoms with Crippen molar-refractivity contribution in [2.24, 2.45) is 0 Å². The number of hydrogen-bond donors (Lipinski definition) is 2. The van der Waals surface area contributed by atoms with Crippen LogP contribution in [0.15, 0.2) is 30.5 Å². The van der Waals surface area contributed by atoms with Crippen LogP contribution in [0.2, 0.25) is 0 Å². The number of aromatic nitrogens is 3. The van der Waals surface area contributed by atoms with Gasteiger partial charge in [-0.3, -0.25) is 10.1 Å². The maximum absolute atomic E-state index is 11.7. The van der Waals surface area contributed by atoms with Gasteiger partial charge in [-0.2, -0.15) is 0 Å². The van der Waals surface area contributed by atoms with Crippen molar-refractivity contribution < 1.29 is 9.59 Å². The Morgan fingerprint density at radius 2 is 2.09 bits per heavy atom. The summed E-state index contributed by atoms with van der Waals surface area (Å²) in [6, 6.07) is -0.531. The van der Waals surface area contributed by atoms with Crippen LogP contribution in [0.4, 0.5) is 4.79 Å². The third-order valence-electron chi connectivity index (χ3n) is 2.99. The molecule has 0 radical (unpaired) electrons. The average Bonchev–Trinajstić information content (AvgIpc) is 3.26. The fourth-order valence-electron chi connectivity index (χ4n) is 1.85. The number of thioether (sulfide) groups is 1. The van der Waals surface area contributed by atoms with Crippen LogP contribution in [0.1, 0.15) is 24.6 Å². The van der Waals surface area contributed by atoms with Crippen LogP contribution >= 0.6 is 11.8 Å². The summed E-state index contributed by atoms with van der Waals surface area (Å²) in [5.74, 6) is 1.14. The third kappa shape index (κ3) is 4.45. The van der Waals surface area contributed by atoms with Gasteiger partial charge in [0.05, 0.1) is 5.75 Å². The number of hydrogen-bond acceptors (Lipinski definition) is 5. The maximum Gasteiger partial charge on any atom is 0.321 e. The molecule has 7 nitrogen and oxygen atoms in total. The minimum absolute atomic E-state index is 0.0987. The smallest absolute Gasteiger partial charge is 0.321 e. The van der Waals surface area contributed by atoms with Gasteiger partial charge in [-0.05, 0) is 12.8 Å². The zero-order chi connectivity index (χ0) is 15.9. The molecule has 1 fully saturated rings. The standard InChI is InChI=1S/C14H19N5O2S/c1-3-7-15-13(21)16-11(20)9-22-14-18-17-12(10-5-6-10)19(14)8-4-2/h3-4,10H,1-2,5-9H2,(H2,15,16,20,21). The largest absolute Gasteiger partial charge is 0.334 e. The molecule has 0 atom stereocenters. The minimum Gasteiger partial charge on any atom is -0.334 e. The second-order valence-electron chi connectivity index (χ2n) is 4.85. The topological polar surface area (TPSA) is 88.9 Å². The van der Waals surface area contributed by atoms with E-state index >= 15 is 0 Å². The predicted molar refractivity (Wildman–Crippen MR) is 84.7 cm³/mol. The summed E-state index contributed by atoms with van der Waals surface area (Å²) in [6.07, 6.45) is 5.58. The number of nitrogens with zero attached hydrogens (tertiary/aromatic N) is 3. The molecule has 2 rings (SSSR count). The molecule has 0 spiro atoms. The molecule has 3 amide bonds. The van der Waals surface area contributed by atoms with E-state index in [1.807, 2.05) is 4.57 Å². The van der Waals surface area contributed by atoms with Crippen LogP contribution in [-0.4, -0.2) is 39.0 Å². The summed E-state index contributed by atoms with van der Waals surface area (Å²) >= 11 is 1.26. The zero-order valence-corrected chi connectivity index (χ0v) is 13.1. The van der Waals surface area contributed by atoms with E-state index in [1.165, 1.54) is 17.8 Å². The number of nitrogens with one attached hydrogen (secondary N) is 2. The van der Waals surface area contributed by atoms with E-state index in [9.17, 15) is 9.59 Å². The lowest BCUT2D eigenvalue weighted by atomic mass is 10.4. The Balaban J connectivity index is 1.88. The lowest BCUT2D eigenvalue weighted by Crippen LogP contribution is -2.40. The molecule has 0 aliphatic heterocycles. The van der Waals surface area contributed by atoms with E-state index in [2.05, 4.69) is 34.0 Å². The Hall–Kier alpha value is -2.09. The molecular formula is C14H19N5O2S. The molecule has 1 saturated carbocycles. The van der Waals surface area contributed by atoms with Gasteiger partial charge in [0.25, 0.3) is 0 Å². The highest BCUT2D eigenvalue weighted by atomic mass is 32.2. The van der Waals surface area contributed by atoms with Gasteiger partial charge < -0.3 is 9.88 Å². The molecule has 1 aliphatic rings. The zero-order valence-electron chi connectivity index (χ0n) is 12.2. The number of rotatable bonds is 8. The van der Waals surface area contributed by atoms with Crippen LogP contribution < -0.4 is 10.6 Å². The summed E-state index contributed by atoms with van der Waals surface area (Å²) in [6.45, 7) is 8.14. The summed E-state index contributed by atoms with van der Waals surface area (Å²) in [7, 11) is 0. The molecule has 1 aliphatic carbocycles. The minimum atomic E-state index is -0.531. The first-order chi connectivity index (χ1) is 10.7. The van der Waals surface area contributed by atoms with Gasteiger partial charge in [0.2, 0.25) is 5.91 Å². The summed E-state index contributed by atoms with van der Waals surface area (Å²) in [5, 5.41) is 13.7. The van der Waals surface area contributed by atoms with Crippen LogP contribution in [0, 0.1) is 0 Å². The molecular weight excluding hydrogens is 302 g/mol. The van der Waals surface area contributed by atoms with Gasteiger partial charge in [0.15, 0.2) is 5.16 Å². The second kappa shape index (κ2) is 7.79. The first-order valence-corrected chi connectivity index (χ1v) is 7.99. The number of carbonyl (C=O) groups excluding carboxylic acids is 2. The Labute approximate surface area is 133 Å². The number of imide groups is 1. The average molecular weight is 321 g/mol. The van der Waals surface area contributed by atoms with Crippen molar-refractivity contribution in [2.75, 3.05) is 12.3 Å². The van der Waals surface area contributed by atoms with Crippen molar-refractivity contribution in [1.29, 1.82) is 0 Å². The van der Waals surface area contributed by atoms with Crippen molar-refractivity contribution in [3.05, 3.63) is 31.1 Å². The van der Waals surface area contributed by atoms with Crippen LogP contribution in [0.5, 0.6) is 0 Å². The first kappa shape index (κ1) is 16.3. The monoisotopic (exact) mass is 321 g/mol. The molecule has 1 aromatic rings. The molecule has 118 valence electrons. The fourth-order valence-corrected chi connectivity index (χ4v) is 2.61. The van der Waals surface area contributed by atoms with Crippen LogP contribution in [0.25, 0.3) is 0 Å². The van der Waals surface area contributed by atoms with Gasteiger partial charge in [-0.1, -0.05) is 23.9 Å². The van der Waals surface area contributed by atoms with Gasteiger partial charge in [-0.25, -0.2) is 4.79 Å². The Kier molecular flexibility index (Phi) is 5.76. The number of amides is 3. The summed E-state index contributed by atoms with van der Waals surface area (Å²) in [5.41, 5.74) is 0. The van der Waals surface area contributed by atoms with E-state index in [1.54, 1.807) is 6.08 Å². The molecule has 0 bridgehead atoms. The Bertz CT molecular complexity index is 580. The highest BCUT2D eigenvalue weighted by molar-refractivity contribution is 7.99. The van der Waals surface area contributed by atoms with Gasteiger partial charge in [-0.15, -0.1) is 23.4 Å².